The quantitative estimate of drug-likeness (QED) is 0.561. The highest BCUT2D eigenvalue weighted by Crippen LogP contribution is 2.37. The Labute approximate surface area is 86.1 Å². The van der Waals surface area contributed by atoms with Crippen molar-refractivity contribution < 1.29 is 19.7 Å². The zero-order valence-electron chi connectivity index (χ0n) is 8.24. The van der Waals surface area contributed by atoms with Gasteiger partial charge in [-0.25, -0.2) is 0 Å². The van der Waals surface area contributed by atoms with Gasteiger partial charge in [-0.05, 0) is 6.92 Å². The van der Waals surface area contributed by atoms with Crippen molar-refractivity contribution in [1.82, 2.24) is 0 Å². The molecule has 0 atom stereocenters. The Balaban J connectivity index is 3.63. The number of hydrogen-bond acceptors (Lipinski definition) is 5. The van der Waals surface area contributed by atoms with Gasteiger partial charge in [-0.3, -0.25) is 4.79 Å². The molecule has 0 amide bonds. The van der Waals surface area contributed by atoms with Crippen LogP contribution in [0.2, 0.25) is 0 Å². The van der Waals surface area contributed by atoms with Crippen LogP contribution in [0.5, 0.6) is 17.2 Å². The lowest BCUT2D eigenvalue weighted by molar-refractivity contribution is 0.101. The van der Waals surface area contributed by atoms with Crippen LogP contribution >= 0.6 is 0 Å². The van der Waals surface area contributed by atoms with Gasteiger partial charge in [0.25, 0.3) is 0 Å². The highest BCUT2D eigenvalue weighted by Gasteiger charge is 2.20. The maximum absolute atomic E-state index is 11.1. The number of methoxy groups -OCH3 is 1. The van der Waals surface area contributed by atoms with Crippen molar-refractivity contribution in [3.8, 4) is 23.3 Å². The van der Waals surface area contributed by atoms with Crippen LogP contribution in [0.3, 0.4) is 0 Å². The molecule has 1 rings (SSSR count). The summed E-state index contributed by atoms with van der Waals surface area (Å²) in [5, 5.41) is 27.8. The van der Waals surface area contributed by atoms with Crippen molar-refractivity contribution in [3.63, 3.8) is 0 Å². The number of benzene rings is 1. The summed E-state index contributed by atoms with van der Waals surface area (Å²) in [5.41, 5.74) is -0.477. The lowest BCUT2D eigenvalue weighted by Gasteiger charge is -2.09. The molecule has 78 valence electrons. The molecule has 0 spiro atoms. The minimum absolute atomic E-state index is 0.0472. The molecule has 5 nitrogen and oxygen atoms in total. The van der Waals surface area contributed by atoms with Crippen molar-refractivity contribution in [3.05, 3.63) is 17.2 Å². The number of aromatic hydroxyl groups is 2. The minimum Gasteiger partial charge on any atom is -0.507 e. The normalized spacial score (nSPS) is 9.40. The third kappa shape index (κ3) is 1.70. The van der Waals surface area contributed by atoms with Gasteiger partial charge >= 0.3 is 0 Å². The number of carbonyl (C=O) groups excluding carboxylic acids is 1. The first kappa shape index (κ1) is 10.9. The fraction of sp³-hybridized carbons (Fsp3) is 0.200. The average Bonchev–Trinajstić information content (AvgIpc) is 2.19. The summed E-state index contributed by atoms with van der Waals surface area (Å²) in [6.07, 6.45) is 0. The second-order valence-electron chi connectivity index (χ2n) is 2.86. The monoisotopic (exact) mass is 207 g/mol. The number of phenols is 2. The molecular weight excluding hydrogens is 198 g/mol. The predicted octanol–water partition coefficient (Wildman–Crippen LogP) is 1.18. The molecule has 0 fully saturated rings. The van der Waals surface area contributed by atoms with E-state index in [0.717, 1.165) is 6.07 Å². The summed E-state index contributed by atoms with van der Waals surface area (Å²) >= 11 is 0. The van der Waals surface area contributed by atoms with E-state index in [-0.39, 0.29) is 22.6 Å². The fourth-order valence-corrected chi connectivity index (χ4v) is 1.26. The zero-order valence-corrected chi connectivity index (χ0v) is 8.24. The van der Waals surface area contributed by atoms with Crippen LogP contribution in [0.25, 0.3) is 0 Å². The Bertz CT molecular complexity index is 459. The molecule has 0 aliphatic carbocycles. The molecule has 0 unspecified atom stereocenters. The average molecular weight is 207 g/mol. The SMILES string of the molecule is COc1cc(O)c(C(C)=O)c(C#N)c1O. The molecule has 5 heteroatoms. The number of ether oxygens (including phenoxy) is 1. The number of rotatable bonds is 2. The van der Waals surface area contributed by atoms with E-state index in [1.54, 1.807) is 6.07 Å². The van der Waals surface area contributed by atoms with Crippen molar-refractivity contribution in [2.75, 3.05) is 7.11 Å². The molecule has 0 bridgehead atoms. The van der Waals surface area contributed by atoms with E-state index >= 15 is 0 Å². The van der Waals surface area contributed by atoms with Crippen LogP contribution in [-0.2, 0) is 0 Å². The largest absolute Gasteiger partial charge is 0.507 e. The van der Waals surface area contributed by atoms with Gasteiger partial charge in [0.05, 0.1) is 12.7 Å². The molecule has 0 aliphatic heterocycles. The van der Waals surface area contributed by atoms with Gasteiger partial charge in [-0.2, -0.15) is 5.26 Å². The molecule has 1 aromatic rings. The predicted molar refractivity (Wildman–Crippen MR) is 51.0 cm³/mol. The summed E-state index contributed by atoms with van der Waals surface area (Å²) in [6, 6.07) is 2.74. The van der Waals surface area contributed by atoms with Crippen LogP contribution in [0, 0.1) is 11.3 Å². The first-order chi connectivity index (χ1) is 7.02. The molecular formula is C10H9NO4. The van der Waals surface area contributed by atoms with Gasteiger partial charge in [0, 0.05) is 6.07 Å². The molecule has 1 aromatic carbocycles. The molecule has 0 aromatic heterocycles. The van der Waals surface area contributed by atoms with E-state index in [1.165, 1.54) is 14.0 Å². The van der Waals surface area contributed by atoms with Gasteiger partial charge in [-0.15, -0.1) is 0 Å². The maximum atomic E-state index is 11.1. The van der Waals surface area contributed by atoms with Gasteiger partial charge in [0.15, 0.2) is 17.3 Å². The van der Waals surface area contributed by atoms with E-state index < -0.39 is 11.5 Å². The Morgan fingerprint density at radius 2 is 2.13 bits per heavy atom. The molecule has 0 saturated heterocycles. The van der Waals surface area contributed by atoms with Crippen LogP contribution < -0.4 is 4.74 Å². The maximum Gasteiger partial charge on any atom is 0.176 e. The van der Waals surface area contributed by atoms with Crippen molar-refractivity contribution in [2.45, 2.75) is 6.92 Å². The second-order valence-corrected chi connectivity index (χ2v) is 2.86. The van der Waals surface area contributed by atoms with Crippen molar-refractivity contribution in [1.29, 1.82) is 5.26 Å². The summed E-state index contributed by atoms with van der Waals surface area (Å²) < 4.78 is 4.73. The molecule has 0 heterocycles. The van der Waals surface area contributed by atoms with Gasteiger partial charge in [0.1, 0.15) is 17.4 Å². The standard InChI is InChI=1S/C10H9NO4/c1-5(12)9-6(4-11)10(14)8(15-2)3-7(9)13/h3,13-14H,1-2H3. The molecule has 0 aliphatic rings. The van der Waals surface area contributed by atoms with Gasteiger partial charge in [-0.1, -0.05) is 0 Å². The van der Waals surface area contributed by atoms with E-state index in [1.807, 2.05) is 0 Å². The summed E-state index contributed by atoms with van der Waals surface area (Å²) in [5.74, 6) is -1.37. The highest BCUT2D eigenvalue weighted by atomic mass is 16.5. The van der Waals surface area contributed by atoms with E-state index in [0.29, 0.717) is 0 Å². The third-order valence-corrected chi connectivity index (χ3v) is 1.93. The third-order valence-electron chi connectivity index (χ3n) is 1.93. The number of ketones is 1. The smallest absolute Gasteiger partial charge is 0.176 e. The first-order valence-electron chi connectivity index (χ1n) is 4.06. The van der Waals surface area contributed by atoms with E-state index in [2.05, 4.69) is 0 Å². The highest BCUT2D eigenvalue weighted by molar-refractivity contribution is 6.00. The summed E-state index contributed by atoms with van der Waals surface area (Å²) in [6.45, 7) is 1.20. The topological polar surface area (TPSA) is 90.5 Å². The first-order valence-corrected chi connectivity index (χ1v) is 4.06. The van der Waals surface area contributed by atoms with Crippen LogP contribution in [0.4, 0.5) is 0 Å². The number of nitriles is 1. The summed E-state index contributed by atoms with van der Waals surface area (Å²) in [7, 11) is 1.28. The van der Waals surface area contributed by atoms with E-state index in [4.69, 9.17) is 10.00 Å². The number of carbonyl (C=O) groups is 1. The fourth-order valence-electron chi connectivity index (χ4n) is 1.26. The summed E-state index contributed by atoms with van der Waals surface area (Å²) in [4.78, 5) is 11.1. The van der Waals surface area contributed by atoms with Gasteiger partial charge in [0.2, 0.25) is 0 Å². The van der Waals surface area contributed by atoms with Crippen LogP contribution in [0.15, 0.2) is 6.07 Å². The second kappa shape index (κ2) is 3.88. The number of hydrogen-bond donors (Lipinski definition) is 2. The Morgan fingerprint density at radius 3 is 2.53 bits per heavy atom. The lowest BCUT2D eigenvalue weighted by Crippen LogP contribution is -1.99. The van der Waals surface area contributed by atoms with Gasteiger partial charge < -0.3 is 14.9 Å². The van der Waals surface area contributed by atoms with Crippen LogP contribution in [-0.4, -0.2) is 23.1 Å². The molecule has 15 heavy (non-hydrogen) atoms. The van der Waals surface area contributed by atoms with Crippen molar-refractivity contribution >= 4 is 5.78 Å². The van der Waals surface area contributed by atoms with E-state index in [9.17, 15) is 15.0 Å². The lowest BCUT2D eigenvalue weighted by atomic mass is 10.0. The minimum atomic E-state index is -0.498. The molecule has 0 saturated carbocycles. The Morgan fingerprint density at radius 1 is 1.53 bits per heavy atom. The van der Waals surface area contributed by atoms with Crippen LogP contribution in [0.1, 0.15) is 22.8 Å². The Kier molecular flexibility index (Phi) is 2.81. The Hall–Kier alpha value is -2.22. The van der Waals surface area contributed by atoms with Crippen molar-refractivity contribution in [2.24, 2.45) is 0 Å². The molecule has 2 N–H and O–H groups in total. The number of nitrogens with zero attached hydrogens (tertiary/aromatic N) is 1. The zero-order chi connectivity index (χ0) is 11.6. The number of Topliss-reactive ketones (excluding diaryl/α,β-unsaturated/α-hetero) is 1. The molecule has 0 radical (unpaired) electrons. The number of phenolic OH excluding ortho intramolecular Hbond substituents is 2.